The Hall–Kier alpha value is -3.00. The van der Waals surface area contributed by atoms with E-state index >= 15 is 0 Å². The average Bonchev–Trinajstić information content (AvgIpc) is 2.93. The second-order valence-corrected chi connectivity index (χ2v) is 5.38. The third kappa shape index (κ3) is 1.89. The van der Waals surface area contributed by atoms with Gasteiger partial charge in [-0.25, -0.2) is 0 Å². The fourth-order valence-electron chi connectivity index (χ4n) is 2.88. The Kier molecular flexibility index (Phi) is 2.76. The third-order valence-corrected chi connectivity index (χ3v) is 3.97. The summed E-state index contributed by atoms with van der Waals surface area (Å²) < 4.78 is 5.94. The number of benzene rings is 3. The summed E-state index contributed by atoms with van der Waals surface area (Å²) in [5, 5.41) is 2.29. The lowest BCUT2D eigenvalue weighted by Crippen LogP contribution is -1.93. The van der Waals surface area contributed by atoms with Crippen LogP contribution in [-0.4, -0.2) is 0 Å². The van der Waals surface area contributed by atoms with Crippen LogP contribution in [0, 0.1) is 0 Å². The lowest BCUT2D eigenvalue weighted by molar-refractivity contribution is 0.669. The largest absolute Gasteiger partial charge is 0.456 e. The predicted octanol–water partition coefficient (Wildman–Crippen LogP) is 5.18. The van der Waals surface area contributed by atoms with Crippen molar-refractivity contribution in [2.24, 2.45) is 5.73 Å². The highest BCUT2D eigenvalue weighted by atomic mass is 16.3. The Morgan fingerprint density at radius 2 is 1.55 bits per heavy atom. The van der Waals surface area contributed by atoms with Crippen LogP contribution in [0.4, 0.5) is 0 Å². The second-order valence-electron chi connectivity index (χ2n) is 5.38. The van der Waals surface area contributed by atoms with E-state index in [0.29, 0.717) is 5.70 Å². The minimum atomic E-state index is 0.582. The molecule has 0 radical (unpaired) electrons. The zero-order valence-electron chi connectivity index (χ0n) is 12.0. The molecule has 0 spiro atoms. The van der Waals surface area contributed by atoms with Crippen molar-refractivity contribution in [3.63, 3.8) is 0 Å². The summed E-state index contributed by atoms with van der Waals surface area (Å²) in [6, 6.07) is 22.4. The van der Waals surface area contributed by atoms with Crippen molar-refractivity contribution in [1.82, 2.24) is 0 Å². The maximum Gasteiger partial charge on any atom is 0.136 e. The predicted molar refractivity (Wildman–Crippen MR) is 92.4 cm³/mol. The number of furan rings is 1. The van der Waals surface area contributed by atoms with Gasteiger partial charge in [0.2, 0.25) is 0 Å². The summed E-state index contributed by atoms with van der Waals surface area (Å²) in [6.07, 6.45) is 0. The third-order valence-electron chi connectivity index (χ3n) is 3.97. The van der Waals surface area contributed by atoms with Gasteiger partial charge < -0.3 is 10.2 Å². The molecule has 3 aromatic carbocycles. The maximum atomic E-state index is 5.94. The second kappa shape index (κ2) is 4.78. The molecule has 0 saturated heterocycles. The molecule has 0 saturated carbocycles. The van der Waals surface area contributed by atoms with Crippen LogP contribution in [0.15, 0.2) is 77.7 Å². The highest BCUT2D eigenvalue weighted by Gasteiger charge is 2.11. The summed E-state index contributed by atoms with van der Waals surface area (Å²) in [4.78, 5) is 0. The van der Waals surface area contributed by atoms with Crippen LogP contribution in [0.3, 0.4) is 0 Å². The first kappa shape index (κ1) is 12.7. The Labute approximate surface area is 128 Å². The van der Waals surface area contributed by atoms with E-state index in [-0.39, 0.29) is 0 Å². The topological polar surface area (TPSA) is 39.2 Å². The molecule has 4 aromatic rings. The van der Waals surface area contributed by atoms with Gasteiger partial charge in [0, 0.05) is 16.5 Å². The van der Waals surface area contributed by atoms with Crippen LogP contribution < -0.4 is 5.73 Å². The fourth-order valence-corrected chi connectivity index (χ4v) is 2.88. The molecule has 2 N–H and O–H groups in total. The van der Waals surface area contributed by atoms with Crippen molar-refractivity contribution in [3.05, 3.63) is 78.9 Å². The molecule has 0 atom stereocenters. The summed E-state index contributed by atoms with van der Waals surface area (Å²) >= 11 is 0. The van der Waals surface area contributed by atoms with Crippen molar-refractivity contribution in [2.75, 3.05) is 0 Å². The molecular weight excluding hydrogens is 270 g/mol. The van der Waals surface area contributed by atoms with Crippen LogP contribution >= 0.6 is 0 Å². The molecule has 2 nitrogen and oxygen atoms in total. The van der Waals surface area contributed by atoms with Gasteiger partial charge in [-0.15, -0.1) is 0 Å². The van der Waals surface area contributed by atoms with E-state index in [1.165, 1.54) is 0 Å². The normalized spacial score (nSPS) is 11.1. The standard InChI is InChI=1S/C20H15NO/c1-13(21)14-9-11-15(12-10-14)16-6-4-8-19-20(16)17-5-2-3-7-18(17)22-19/h2-12H,1,21H2. The highest BCUT2D eigenvalue weighted by Crippen LogP contribution is 2.36. The van der Waals surface area contributed by atoms with Gasteiger partial charge in [-0.05, 0) is 28.8 Å². The smallest absolute Gasteiger partial charge is 0.136 e. The number of hydrogen-bond donors (Lipinski definition) is 1. The molecule has 22 heavy (non-hydrogen) atoms. The van der Waals surface area contributed by atoms with Gasteiger partial charge in [-0.3, -0.25) is 0 Å². The summed E-state index contributed by atoms with van der Waals surface area (Å²) in [5.41, 5.74) is 11.4. The van der Waals surface area contributed by atoms with E-state index < -0.39 is 0 Å². The van der Waals surface area contributed by atoms with Crippen LogP contribution in [-0.2, 0) is 0 Å². The minimum Gasteiger partial charge on any atom is -0.456 e. The van der Waals surface area contributed by atoms with Crippen molar-refractivity contribution in [2.45, 2.75) is 0 Å². The van der Waals surface area contributed by atoms with E-state index in [4.69, 9.17) is 10.2 Å². The molecule has 2 heteroatoms. The van der Waals surface area contributed by atoms with E-state index in [1.54, 1.807) is 0 Å². The molecule has 4 rings (SSSR count). The molecule has 0 aliphatic rings. The highest BCUT2D eigenvalue weighted by molar-refractivity contribution is 6.12. The molecule has 0 unspecified atom stereocenters. The van der Waals surface area contributed by atoms with E-state index in [9.17, 15) is 0 Å². The van der Waals surface area contributed by atoms with Gasteiger partial charge in [0.05, 0.1) is 0 Å². The van der Waals surface area contributed by atoms with Crippen molar-refractivity contribution in [1.29, 1.82) is 0 Å². The number of nitrogens with two attached hydrogens (primary N) is 1. The Bertz CT molecular complexity index is 993. The first-order valence-corrected chi connectivity index (χ1v) is 7.19. The summed E-state index contributed by atoms with van der Waals surface area (Å²) in [6.45, 7) is 3.77. The number of para-hydroxylation sites is 1. The lowest BCUT2D eigenvalue weighted by Gasteiger charge is -2.06. The average molecular weight is 285 g/mol. The molecule has 0 amide bonds. The Balaban J connectivity index is 2.00. The monoisotopic (exact) mass is 285 g/mol. The van der Waals surface area contributed by atoms with Crippen LogP contribution in [0.2, 0.25) is 0 Å². The van der Waals surface area contributed by atoms with Crippen LogP contribution in [0.5, 0.6) is 0 Å². The molecular formula is C20H15NO. The van der Waals surface area contributed by atoms with Crippen LogP contribution in [0.25, 0.3) is 38.8 Å². The maximum absolute atomic E-state index is 5.94. The van der Waals surface area contributed by atoms with E-state index in [0.717, 1.165) is 38.6 Å². The van der Waals surface area contributed by atoms with E-state index in [2.05, 4.69) is 30.8 Å². The van der Waals surface area contributed by atoms with Crippen LogP contribution in [0.1, 0.15) is 5.56 Å². The molecule has 0 aliphatic carbocycles. The molecule has 0 fully saturated rings. The van der Waals surface area contributed by atoms with E-state index in [1.807, 2.05) is 42.5 Å². The zero-order chi connectivity index (χ0) is 15.1. The number of rotatable bonds is 2. The molecule has 0 aliphatic heterocycles. The first-order valence-electron chi connectivity index (χ1n) is 7.19. The molecule has 0 bridgehead atoms. The molecule has 1 heterocycles. The van der Waals surface area contributed by atoms with Gasteiger partial charge in [0.15, 0.2) is 0 Å². The number of fused-ring (bicyclic) bond motifs is 3. The van der Waals surface area contributed by atoms with Gasteiger partial charge in [0.25, 0.3) is 0 Å². The fraction of sp³-hybridized carbons (Fsp3) is 0. The van der Waals surface area contributed by atoms with Gasteiger partial charge in [-0.2, -0.15) is 0 Å². The summed E-state index contributed by atoms with van der Waals surface area (Å²) in [5.74, 6) is 0. The Morgan fingerprint density at radius 3 is 2.32 bits per heavy atom. The number of hydrogen-bond acceptors (Lipinski definition) is 2. The molecule has 106 valence electrons. The van der Waals surface area contributed by atoms with Crippen molar-refractivity contribution in [3.8, 4) is 11.1 Å². The quantitative estimate of drug-likeness (QED) is 0.551. The zero-order valence-corrected chi connectivity index (χ0v) is 12.0. The SMILES string of the molecule is C=C(N)c1ccc(-c2cccc3oc4ccccc4c23)cc1. The van der Waals surface area contributed by atoms with Crippen molar-refractivity contribution < 1.29 is 4.42 Å². The van der Waals surface area contributed by atoms with Gasteiger partial charge in [-0.1, -0.05) is 61.2 Å². The van der Waals surface area contributed by atoms with Crippen molar-refractivity contribution >= 4 is 27.6 Å². The Morgan fingerprint density at radius 1 is 0.818 bits per heavy atom. The van der Waals surface area contributed by atoms with Gasteiger partial charge >= 0.3 is 0 Å². The molecule has 1 aromatic heterocycles. The lowest BCUT2D eigenvalue weighted by atomic mass is 9.98. The first-order chi connectivity index (χ1) is 10.7. The van der Waals surface area contributed by atoms with Gasteiger partial charge in [0.1, 0.15) is 11.2 Å². The minimum absolute atomic E-state index is 0.582. The summed E-state index contributed by atoms with van der Waals surface area (Å²) in [7, 11) is 0.